The fourth-order valence-electron chi connectivity index (χ4n) is 4.12. The van der Waals surface area contributed by atoms with Gasteiger partial charge in [-0.05, 0) is 30.2 Å². The van der Waals surface area contributed by atoms with Crippen molar-refractivity contribution in [3.05, 3.63) is 59.8 Å². The van der Waals surface area contributed by atoms with Gasteiger partial charge in [-0.15, -0.1) is 0 Å². The van der Waals surface area contributed by atoms with Crippen LogP contribution in [0.5, 0.6) is 5.75 Å². The van der Waals surface area contributed by atoms with E-state index in [0.717, 1.165) is 35.6 Å². The highest BCUT2D eigenvalue weighted by molar-refractivity contribution is 5.87. The Balaban J connectivity index is 1.39. The van der Waals surface area contributed by atoms with E-state index in [-0.39, 0.29) is 5.91 Å². The maximum absolute atomic E-state index is 13.1. The predicted octanol–water partition coefficient (Wildman–Crippen LogP) is 2.95. The molecule has 0 saturated heterocycles. The van der Waals surface area contributed by atoms with Crippen LogP contribution in [0, 0.1) is 0 Å². The predicted molar refractivity (Wildman–Crippen MR) is 102 cm³/mol. The zero-order valence-corrected chi connectivity index (χ0v) is 14.7. The van der Waals surface area contributed by atoms with Crippen LogP contribution in [0.25, 0.3) is 10.9 Å². The van der Waals surface area contributed by atoms with E-state index in [1.807, 2.05) is 42.3 Å². The number of carbonyl (C=O) groups is 1. The average molecular weight is 347 g/mol. The topological polar surface area (TPSA) is 48.6 Å². The number of rotatable bonds is 1. The lowest BCUT2D eigenvalue weighted by molar-refractivity contribution is -0.139. The molecule has 132 valence electrons. The molecule has 0 saturated carbocycles. The molecule has 5 heteroatoms. The maximum Gasteiger partial charge on any atom is 0.265 e. The van der Waals surface area contributed by atoms with Crippen LogP contribution >= 0.6 is 0 Å². The van der Waals surface area contributed by atoms with Crippen LogP contribution in [0.2, 0.25) is 0 Å². The Morgan fingerprint density at radius 2 is 1.96 bits per heavy atom. The molecule has 26 heavy (non-hydrogen) atoms. The number of H-pyrrole nitrogens is 1. The zero-order valence-electron chi connectivity index (χ0n) is 14.7. The van der Waals surface area contributed by atoms with Gasteiger partial charge in [-0.3, -0.25) is 4.79 Å². The summed E-state index contributed by atoms with van der Waals surface area (Å²) in [7, 11) is 2.01. The van der Waals surface area contributed by atoms with Gasteiger partial charge in [-0.2, -0.15) is 0 Å². The van der Waals surface area contributed by atoms with Crippen molar-refractivity contribution in [2.75, 3.05) is 25.0 Å². The molecule has 1 atom stereocenters. The third-order valence-electron chi connectivity index (χ3n) is 5.46. The molecular formula is C21H21N3O2. The number of aromatic nitrogens is 1. The molecule has 0 fully saturated rings. The number of hydrogen-bond donors (Lipinski definition) is 1. The van der Waals surface area contributed by atoms with Crippen LogP contribution in [0.4, 0.5) is 5.69 Å². The number of anilines is 1. The van der Waals surface area contributed by atoms with Crippen molar-refractivity contribution in [3.8, 4) is 5.75 Å². The van der Waals surface area contributed by atoms with Gasteiger partial charge in [0.25, 0.3) is 5.91 Å². The molecule has 3 heterocycles. The molecule has 5 nitrogen and oxygen atoms in total. The number of aromatic amines is 1. The smallest absolute Gasteiger partial charge is 0.265 e. The molecular weight excluding hydrogens is 326 g/mol. The highest BCUT2D eigenvalue weighted by Crippen LogP contribution is 2.33. The molecule has 0 radical (unpaired) electrons. The summed E-state index contributed by atoms with van der Waals surface area (Å²) in [5, 5.41) is 1.28. The van der Waals surface area contributed by atoms with Gasteiger partial charge in [0.1, 0.15) is 5.75 Å². The molecule has 5 rings (SSSR count). The molecule has 3 aromatic rings. The monoisotopic (exact) mass is 347 g/mol. The van der Waals surface area contributed by atoms with Crippen molar-refractivity contribution in [1.29, 1.82) is 0 Å². The lowest BCUT2D eigenvalue weighted by atomic mass is 10.0. The number of ether oxygens (including phenoxy) is 1. The SMILES string of the molecule is CN1C[C@@H](C(=O)N2CCc3c([nH]c4ccccc34)C2)Oc2ccccc21. The fourth-order valence-corrected chi connectivity index (χ4v) is 4.12. The first-order chi connectivity index (χ1) is 12.7. The lowest BCUT2D eigenvalue weighted by Crippen LogP contribution is -2.50. The van der Waals surface area contributed by atoms with Crippen LogP contribution in [0.1, 0.15) is 11.3 Å². The molecule has 2 aromatic carbocycles. The summed E-state index contributed by atoms with van der Waals surface area (Å²) in [6.07, 6.45) is 0.422. The van der Waals surface area contributed by atoms with E-state index >= 15 is 0 Å². The van der Waals surface area contributed by atoms with Crippen LogP contribution in [-0.2, 0) is 17.8 Å². The number of para-hydroxylation sites is 3. The van der Waals surface area contributed by atoms with E-state index < -0.39 is 6.10 Å². The van der Waals surface area contributed by atoms with Crippen LogP contribution in [0.15, 0.2) is 48.5 Å². The number of fused-ring (bicyclic) bond motifs is 4. The minimum absolute atomic E-state index is 0.0654. The first kappa shape index (κ1) is 15.3. The van der Waals surface area contributed by atoms with Gasteiger partial charge in [-0.25, -0.2) is 0 Å². The molecule has 1 aromatic heterocycles. The Kier molecular flexibility index (Phi) is 3.42. The van der Waals surface area contributed by atoms with E-state index in [1.165, 1.54) is 10.9 Å². The number of amides is 1. The average Bonchev–Trinajstić information content (AvgIpc) is 3.05. The van der Waals surface area contributed by atoms with Gasteiger partial charge < -0.3 is 19.5 Å². The van der Waals surface area contributed by atoms with Gasteiger partial charge in [0.05, 0.1) is 18.8 Å². The number of likely N-dealkylation sites (N-methyl/N-ethyl adjacent to an activating group) is 1. The summed E-state index contributed by atoms with van der Waals surface area (Å²) in [5.41, 5.74) is 4.68. The number of nitrogens with zero attached hydrogens (tertiary/aromatic N) is 2. The van der Waals surface area contributed by atoms with Crippen LogP contribution in [0.3, 0.4) is 0 Å². The standard InChI is InChI=1S/C21H21N3O2/c1-23-13-20(26-19-9-5-4-8-18(19)23)21(25)24-11-10-15-14-6-2-3-7-16(14)22-17(15)12-24/h2-9,20,22H,10-13H2,1H3/t20-/m0/s1. The normalized spacial score (nSPS) is 19.0. The van der Waals surface area contributed by atoms with E-state index in [9.17, 15) is 4.79 Å². The summed E-state index contributed by atoms with van der Waals surface area (Å²) in [6.45, 7) is 1.93. The Labute approximate surface area is 152 Å². The summed E-state index contributed by atoms with van der Waals surface area (Å²) in [6, 6.07) is 16.2. The first-order valence-corrected chi connectivity index (χ1v) is 9.05. The quantitative estimate of drug-likeness (QED) is 0.736. The molecule has 1 amide bonds. The highest BCUT2D eigenvalue weighted by atomic mass is 16.5. The lowest BCUT2D eigenvalue weighted by Gasteiger charge is -2.36. The molecule has 0 spiro atoms. The fraction of sp³-hybridized carbons (Fsp3) is 0.286. The van der Waals surface area contributed by atoms with Crippen molar-refractivity contribution >= 4 is 22.5 Å². The second kappa shape index (κ2) is 5.80. The Hall–Kier alpha value is -2.95. The van der Waals surface area contributed by atoms with Crippen molar-refractivity contribution in [3.63, 3.8) is 0 Å². The molecule has 0 bridgehead atoms. The van der Waals surface area contributed by atoms with Gasteiger partial charge in [0.2, 0.25) is 0 Å². The Bertz CT molecular complexity index is 994. The van der Waals surface area contributed by atoms with E-state index in [0.29, 0.717) is 13.1 Å². The molecule has 0 aliphatic carbocycles. The zero-order chi connectivity index (χ0) is 17.7. The minimum atomic E-state index is -0.458. The van der Waals surface area contributed by atoms with Gasteiger partial charge in [0.15, 0.2) is 6.10 Å². The van der Waals surface area contributed by atoms with E-state index in [2.05, 4.69) is 28.1 Å². The van der Waals surface area contributed by atoms with E-state index in [1.54, 1.807) is 0 Å². The van der Waals surface area contributed by atoms with Crippen LogP contribution < -0.4 is 9.64 Å². The number of hydrogen-bond acceptors (Lipinski definition) is 3. The summed E-state index contributed by atoms with van der Waals surface area (Å²) < 4.78 is 6.02. The van der Waals surface area contributed by atoms with Crippen molar-refractivity contribution in [1.82, 2.24) is 9.88 Å². The Morgan fingerprint density at radius 3 is 2.88 bits per heavy atom. The second-order valence-electron chi connectivity index (χ2n) is 7.09. The first-order valence-electron chi connectivity index (χ1n) is 9.05. The summed E-state index contributed by atoms with van der Waals surface area (Å²) in [4.78, 5) is 20.6. The minimum Gasteiger partial charge on any atom is -0.477 e. The third-order valence-corrected chi connectivity index (χ3v) is 5.46. The molecule has 0 unspecified atom stereocenters. The number of carbonyl (C=O) groups excluding carboxylic acids is 1. The number of nitrogens with one attached hydrogen (secondary N) is 1. The van der Waals surface area contributed by atoms with Crippen molar-refractivity contribution < 1.29 is 9.53 Å². The summed E-state index contributed by atoms with van der Waals surface area (Å²) in [5.74, 6) is 0.846. The molecule has 2 aliphatic heterocycles. The largest absolute Gasteiger partial charge is 0.477 e. The van der Waals surface area contributed by atoms with Gasteiger partial charge in [-0.1, -0.05) is 30.3 Å². The van der Waals surface area contributed by atoms with Crippen LogP contribution in [-0.4, -0.2) is 42.0 Å². The van der Waals surface area contributed by atoms with Gasteiger partial charge in [0, 0.05) is 30.2 Å². The van der Waals surface area contributed by atoms with E-state index in [4.69, 9.17) is 4.74 Å². The third kappa shape index (κ3) is 2.35. The number of benzene rings is 2. The maximum atomic E-state index is 13.1. The van der Waals surface area contributed by atoms with Crippen molar-refractivity contribution in [2.24, 2.45) is 0 Å². The molecule has 1 N–H and O–H groups in total. The highest BCUT2D eigenvalue weighted by Gasteiger charge is 2.34. The Morgan fingerprint density at radius 1 is 1.15 bits per heavy atom. The molecule has 2 aliphatic rings. The summed E-state index contributed by atoms with van der Waals surface area (Å²) >= 11 is 0. The van der Waals surface area contributed by atoms with Crippen molar-refractivity contribution in [2.45, 2.75) is 19.1 Å². The van der Waals surface area contributed by atoms with Gasteiger partial charge >= 0.3 is 0 Å². The second-order valence-corrected chi connectivity index (χ2v) is 7.09.